The molecule has 1 aliphatic heterocycles. The first kappa shape index (κ1) is 11.5. The number of nitrogens with zero attached hydrogens (tertiary/aromatic N) is 3. The number of hydrogen-bond acceptors (Lipinski definition) is 3. The van der Waals surface area contributed by atoms with Crippen LogP contribution in [0, 0.1) is 0 Å². The topological polar surface area (TPSA) is 46.6 Å². The molecule has 3 rings (SSSR count). The maximum absolute atomic E-state index is 5.77. The zero-order chi connectivity index (χ0) is 12.4. The number of likely N-dealkylation sites (tertiary alicyclic amines) is 1. The fourth-order valence-corrected chi connectivity index (χ4v) is 2.65. The number of aromatic nitrogens is 2. The van der Waals surface area contributed by atoms with Crippen LogP contribution in [0.25, 0.3) is 5.65 Å². The van der Waals surface area contributed by atoms with Crippen LogP contribution in [0.4, 0.5) is 5.69 Å². The molecule has 0 atom stereocenters. The number of nitrogens with two attached hydrogens (primary N) is 1. The summed E-state index contributed by atoms with van der Waals surface area (Å²) in [6, 6.07) is 3.83. The van der Waals surface area contributed by atoms with Crippen molar-refractivity contribution in [2.24, 2.45) is 0 Å². The third-order valence-electron chi connectivity index (χ3n) is 3.62. The molecule has 0 unspecified atom stereocenters. The zero-order valence-corrected chi connectivity index (χ0v) is 10.7. The Labute approximate surface area is 107 Å². The van der Waals surface area contributed by atoms with Crippen molar-refractivity contribution in [3.8, 4) is 0 Å². The van der Waals surface area contributed by atoms with Crippen LogP contribution < -0.4 is 5.73 Å². The highest BCUT2D eigenvalue weighted by Crippen LogP contribution is 2.14. The highest BCUT2D eigenvalue weighted by atomic mass is 15.1. The zero-order valence-electron chi connectivity index (χ0n) is 10.7. The molecular formula is C14H20N4. The molecule has 0 spiro atoms. The fraction of sp³-hybridized carbons (Fsp3) is 0.500. The van der Waals surface area contributed by atoms with Crippen LogP contribution in [-0.2, 0) is 6.54 Å². The molecular weight excluding hydrogens is 224 g/mol. The van der Waals surface area contributed by atoms with E-state index in [1.165, 1.54) is 38.8 Å². The summed E-state index contributed by atoms with van der Waals surface area (Å²) < 4.78 is 2.05. The molecule has 0 amide bonds. The maximum atomic E-state index is 5.77. The van der Waals surface area contributed by atoms with Crippen molar-refractivity contribution in [1.29, 1.82) is 0 Å². The number of anilines is 1. The molecule has 0 aliphatic carbocycles. The van der Waals surface area contributed by atoms with Gasteiger partial charge in [0.1, 0.15) is 5.65 Å². The van der Waals surface area contributed by atoms with Gasteiger partial charge in [0.2, 0.25) is 0 Å². The molecule has 1 aliphatic rings. The van der Waals surface area contributed by atoms with E-state index in [-0.39, 0.29) is 0 Å². The third-order valence-corrected chi connectivity index (χ3v) is 3.62. The Bertz CT molecular complexity index is 524. The second-order valence-corrected chi connectivity index (χ2v) is 5.15. The quantitative estimate of drug-likeness (QED) is 0.881. The van der Waals surface area contributed by atoms with E-state index in [4.69, 9.17) is 5.73 Å². The molecule has 0 radical (unpaired) electrons. The summed E-state index contributed by atoms with van der Waals surface area (Å²) in [7, 11) is 0. The van der Waals surface area contributed by atoms with Crippen LogP contribution in [0.15, 0.2) is 24.5 Å². The molecule has 2 aromatic heterocycles. The molecule has 2 aromatic rings. The largest absolute Gasteiger partial charge is 0.399 e. The summed E-state index contributed by atoms with van der Waals surface area (Å²) in [5.41, 5.74) is 8.63. The Balaban J connectivity index is 1.77. The van der Waals surface area contributed by atoms with E-state index in [0.29, 0.717) is 0 Å². The van der Waals surface area contributed by atoms with Gasteiger partial charge in [-0.15, -0.1) is 0 Å². The van der Waals surface area contributed by atoms with E-state index in [1.54, 1.807) is 0 Å². The van der Waals surface area contributed by atoms with E-state index in [0.717, 1.165) is 23.6 Å². The molecule has 2 N–H and O–H groups in total. The summed E-state index contributed by atoms with van der Waals surface area (Å²) in [6.45, 7) is 3.37. The first-order valence-corrected chi connectivity index (χ1v) is 6.77. The number of imidazole rings is 1. The van der Waals surface area contributed by atoms with Gasteiger partial charge in [-0.25, -0.2) is 4.98 Å². The average Bonchev–Trinajstić information content (AvgIpc) is 2.57. The van der Waals surface area contributed by atoms with Crippen LogP contribution in [0.3, 0.4) is 0 Å². The van der Waals surface area contributed by atoms with Crippen molar-refractivity contribution in [2.75, 3.05) is 18.8 Å². The molecule has 4 heteroatoms. The standard InChI is InChI=1S/C14H20N4/c15-12-5-8-18-11-13(16-14(18)9-12)10-17-6-3-1-2-4-7-17/h5,8-9,11H,1-4,6-7,10,15H2. The second-order valence-electron chi connectivity index (χ2n) is 5.15. The molecule has 1 fully saturated rings. The van der Waals surface area contributed by atoms with Crippen molar-refractivity contribution in [3.63, 3.8) is 0 Å². The molecule has 18 heavy (non-hydrogen) atoms. The van der Waals surface area contributed by atoms with Gasteiger partial charge in [0.05, 0.1) is 5.69 Å². The monoisotopic (exact) mass is 244 g/mol. The van der Waals surface area contributed by atoms with Gasteiger partial charge in [-0.05, 0) is 32.0 Å². The van der Waals surface area contributed by atoms with Crippen LogP contribution >= 0.6 is 0 Å². The van der Waals surface area contributed by atoms with Gasteiger partial charge in [-0.3, -0.25) is 4.90 Å². The lowest BCUT2D eigenvalue weighted by Crippen LogP contribution is -2.24. The molecule has 0 bridgehead atoms. The third kappa shape index (κ3) is 2.48. The van der Waals surface area contributed by atoms with Gasteiger partial charge < -0.3 is 10.1 Å². The lowest BCUT2D eigenvalue weighted by Gasteiger charge is -2.17. The van der Waals surface area contributed by atoms with Crippen LogP contribution in [0.2, 0.25) is 0 Å². The van der Waals surface area contributed by atoms with Crippen molar-refractivity contribution >= 4 is 11.3 Å². The number of rotatable bonds is 2. The molecule has 4 nitrogen and oxygen atoms in total. The van der Waals surface area contributed by atoms with Gasteiger partial charge >= 0.3 is 0 Å². The number of hydrogen-bond donors (Lipinski definition) is 1. The molecule has 0 saturated carbocycles. The van der Waals surface area contributed by atoms with E-state index in [9.17, 15) is 0 Å². The second kappa shape index (κ2) is 4.98. The molecule has 0 aromatic carbocycles. The van der Waals surface area contributed by atoms with Gasteiger partial charge in [-0.1, -0.05) is 12.8 Å². The fourth-order valence-electron chi connectivity index (χ4n) is 2.65. The predicted octanol–water partition coefficient (Wildman–Crippen LogP) is 2.29. The predicted molar refractivity (Wildman–Crippen MR) is 73.3 cm³/mol. The molecule has 96 valence electrons. The van der Waals surface area contributed by atoms with Crippen LogP contribution in [-0.4, -0.2) is 27.4 Å². The van der Waals surface area contributed by atoms with Crippen molar-refractivity contribution < 1.29 is 0 Å². The van der Waals surface area contributed by atoms with Gasteiger partial charge in [-0.2, -0.15) is 0 Å². The lowest BCUT2D eigenvalue weighted by molar-refractivity contribution is 0.274. The van der Waals surface area contributed by atoms with E-state index < -0.39 is 0 Å². The SMILES string of the molecule is Nc1ccn2cc(CN3CCCCCC3)nc2c1. The first-order chi connectivity index (χ1) is 8.81. The minimum atomic E-state index is 0.773. The maximum Gasteiger partial charge on any atom is 0.139 e. The van der Waals surface area contributed by atoms with Crippen molar-refractivity contribution in [1.82, 2.24) is 14.3 Å². The molecule has 3 heterocycles. The number of nitrogen functional groups attached to an aromatic ring is 1. The Morgan fingerprint density at radius 1 is 1.17 bits per heavy atom. The smallest absolute Gasteiger partial charge is 0.139 e. The Kier molecular flexibility index (Phi) is 3.19. The summed E-state index contributed by atoms with van der Waals surface area (Å²) in [5.74, 6) is 0. The van der Waals surface area contributed by atoms with Crippen molar-refractivity contribution in [3.05, 3.63) is 30.2 Å². The highest BCUT2D eigenvalue weighted by Gasteiger charge is 2.11. The van der Waals surface area contributed by atoms with Crippen LogP contribution in [0.1, 0.15) is 31.4 Å². The lowest BCUT2D eigenvalue weighted by atomic mass is 10.2. The highest BCUT2D eigenvalue weighted by molar-refractivity contribution is 5.52. The normalized spacial score (nSPS) is 18.0. The van der Waals surface area contributed by atoms with Gasteiger partial charge in [0, 0.05) is 30.7 Å². The summed E-state index contributed by atoms with van der Waals surface area (Å²) in [6.07, 6.45) is 9.47. The number of pyridine rings is 1. The Hall–Kier alpha value is -1.55. The van der Waals surface area contributed by atoms with Gasteiger partial charge in [0.15, 0.2) is 0 Å². The summed E-state index contributed by atoms with van der Waals surface area (Å²) in [4.78, 5) is 7.15. The van der Waals surface area contributed by atoms with E-state index in [1.807, 2.05) is 22.7 Å². The van der Waals surface area contributed by atoms with E-state index in [2.05, 4.69) is 16.1 Å². The first-order valence-electron chi connectivity index (χ1n) is 6.77. The average molecular weight is 244 g/mol. The number of fused-ring (bicyclic) bond motifs is 1. The van der Waals surface area contributed by atoms with Gasteiger partial charge in [0.25, 0.3) is 0 Å². The minimum absolute atomic E-state index is 0.773. The summed E-state index contributed by atoms with van der Waals surface area (Å²) in [5, 5.41) is 0. The Morgan fingerprint density at radius 2 is 1.94 bits per heavy atom. The molecule has 1 saturated heterocycles. The van der Waals surface area contributed by atoms with Crippen LogP contribution in [0.5, 0.6) is 0 Å². The Morgan fingerprint density at radius 3 is 2.72 bits per heavy atom. The van der Waals surface area contributed by atoms with E-state index >= 15 is 0 Å². The minimum Gasteiger partial charge on any atom is -0.399 e. The summed E-state index contributed by atoms with van der Waals surface area (Å²) >= 11 is 0. The van der Waals surface area contributed by atoms with Crippen molar-refractivity contribution in [2.45, 2.75) is 32.2 Å².